The number of carbonyl (C=O) groups is 2. The van der Waals surface area contributed by atoms with Gasteiger partial charge >= 0.3 is 6.09 Å². The van der Waals surface area contributed by atoms with Gasteiger partial charge in [-0.2, -0.15) is 5.10 Å². The molecule has 1 saturated carbocycles. The van der Waals surface area contributed by atoms with Crippen LogP contribution in [0.1, 0.15) is 91.2 Å². The third-order valence-electron chi connectivity index (χ3n) is 8.79. The summed E-state index contributed by atoms with van der Waals surface area (Å²) >= 11 is 0. The molecule has 1 aromatic rings. The van der Waals surface area contributed by atoms with Gasteiger partial charge in [-0.1, -0.05) is 13.8 Å². The van der Waals surface area contributed by atoms with E-state index in [-0.39, 0.29) is 17.0 Å². The van der Waals surface area contributed by atoms with E-state index in [2.05, 4.69) is 37.9 Å². The van der Waals surface area contributed by atoms with Gasteiger partial charge in [0.25, 0.3) is 0 Å². The lowest BCUT2D eigenvalue weighted by Crippen LogP contribution is -2.48. The minimum atomic E-state index is -0.502. The predicted octanol–water partition coefficient (Wildman–Crippen LogP) is 4.91. The first-order chi connectivity index (χ1) is 16.2. The number of carbonyl (C=O) groups excluding carboxylic acids is 2. The highest BCUT2D eigenvalue weighted by Crippen LogP contribution is 2.54. The smallest absolute Gasteiger partial charge is 0.410 e. The first-order valence-electron chi connectivity index (χ1n) is 13.3. The number of aromatic nitrogens is 2. The number of H-pyrrole nitrogens is 1. The highest BCUT2D eigenvalue weighted by atomic mass is 16.6. The summed E-state index contributed by atoms with van der Waals surface area (Å²) in [4.78, 5) is 29.3. The van der Waals surface area contributed by atoms with Gasteiger partial charge < -0.3 is 14.5 Å². The normalized spacial score (nSPS) is 24.8. The van der Waals surface area contributed by atoms with Crippen molar-refractivity contribution in [3.63, 3.8) is 0 Å². The quantitative estimate of drug-likeness (QED) is 0.551. The molecular formula is C27H48N5O3+. The Morgan fingerprint density at radius 2 is 1.86 bits per heavy atom. The molecule has 1 aliphatic carbocycles. The highest BCUT2D eigenvalue weighted by molar-refractivity contribution is 5.86. The maximum absolute atomic E-state index is 13.2. The summed E-state index contributed by atoms with van der Waals surface area (Å²) in [6.45, 7) is 11.3. The molecule has 1 saturated heterocycles. The van der Waals surface area contributed by atoms with Gasteiger partial charge in [0.05, 0.1) is 32.3 Å². The van der Waals surface area contributed by atoms with E-state index >= 15 is 0 Å². The molecule has 198 valence electrons. The fourth-order valence-electron chi connectivity index (χ4n) is 6.17. The largest absolute Gasteiger partial charge is 0.444 e. The van der Waals surface area contributed by atoms with Crippen molar-refractivity contribution in [3.05, 3.63) is 11.9 Å². The van der Waals surface area contributed by atoms with Gasteiger partial charge in [0.1, 0.15) is 17.8 Å². The number of likely N-dealkylation sites (tertiary alicyclic amines) is 1. The molecule has 8 nitrogen and oxygen atoms in total. The zero-order valence-electron chi connectivity index (χ0n) is 23.5. The lowest BCUT2D eigenvalue weighted by Gasteiger charge is -2.42. The molecule has 3 rings (SSSR count). The number of hydrogen-bond donors (Lipinski definition) is 1. The van der Waals surface area contributed by atoms with E-state index < -0.39 is 5.60 Å². The lowest BCUT2D eigenvalue weighted by molar-refractivity contribution is -0.137. The van der Waals surface area contributed by atoms with Gasteiger partial charge in [0.2, 0.25) is 5.91 Å². The molecule has 2 aliphatic rings. The van der Waals surface area contributed by atoms with Gasteiger partial charge in [-0.25, -0.2) is 4.79 Å². The highest BCUT2D eigenvalue weighted by Gasteiger charge is 2.57. The second-order valence-electron chi connectivity index (χ2n) is 12.5. The second-order valence-corrected chi connectivity index (χ2v) is 12.5. The lowest BCUT2D eigenvalue weighted by atomic mass is 9.69. The van der Waals surface area contributed by atoms with Gasteiger partial charge in [0.15, 0.2) is 5.69 Å². The van der Waals surface area contributed by atoms with Crippen LogP contribution in [-0.2, 0) is 9.53 Å². The Kier molecular flexibility index (Phi) is 7.66. The van der Waals surface area contributed by atoms with E-state index in [9.17, 15) is 9.59 Å². The average molecular weight is 491 g/mol. The zero-order valence-corrected chi connectivity index (χ0v) is 23.5. The van der Waals surface area contributed by atoms with E-state index in [0.29, 0.717) is 22.9 Å². The molecule has 0 bridgehead atoms. The number of nitrogens with zero attached hydrogens (tertiary/aromatic N) is 4. The van der Waals surface area contributed by atoms with Crippen LogP contribution in [0.2, 0.25) is 0 Å². The van der Waals surface area contributed by atoms with Crippen LogP contribution in [0, 0.1) is 5.41 Å². The number of rotatable bonds is 7. The maximum Gasteiger partial charge on any atom is 0.410 e. The molecule has 2 amide bonds. The molecule has 1 spiro atoms. The monoisotopic (exact) mass is 490 g/mol. The third kappa shape index (κ3) is 5.37. The first kappa shape index (κ1) is 27.5. The minimum Gasteiger partial charge on any atom is -0.444 e. The van der Waals surface area contributed by atoms with Gasteiger partial charge in [-0.05, 0) is 65.7 Å². The molecule has 1 aromatic heterocycles. The molecule has 0 aromatic carbocycles. The number of amides is 2. The summed E-state index contributed by atoms with van der Waals surface area (Å²) in [6.07, 6.45) is 8.68. The summed E-state index contributed by atoms with van der Waals surface area (Å²) in [5.74, 6) is 0.720. The van der Waals surface area contributed by atoms with Gasteiger partial charge in [-0.3, -0.25) is 14.4 Å². The van der Waals surface area contributed by atoms with Crippen molar-refractivity contribution in [1.29, 1.82) is 0 Å². The van der Waals surface area contributed by atoms with Gasteiger partial charge in [-0.15, -0.1) is 0 Å². The Morgan fingerprint density at radius 1 is 1.26 bits per heavy atom. The van der Waals surface area contributed by atoms with Crippen molar-refractivity contribution in [1.82, 2.24) is 24.5 Å². The van der Waals surface area contributed by atoms with E-state index in [1.165, 1.54) is 5.69 Å². The van der Waals surface area contributed by atoms with Crippen LogP contribution in [0.3, 0.4) is 0 Å². The number of ether oxygens (including phenoxy) is 1. The van der Waals surface area contributed by atoms with Crippen LogP contribution in [0.25, 0.3) is 0 Å². The number of aromatic amines is 1. The number of hydrogen-bond acceptors (Lipinski definition) is 4. The van der Waals surface area contributed by atoms with Crippen molar-refractivity contribution in [2.24, 2.45) is 5.41 Å². The summed E-state index contributed by atoms with van der Waals surface area (Å²) in [6, 6.07) is 0. The summed E-state index contributed by atoms with van der Waals surface area (Å²) in [5.41, 5.74) is 1.62. The van der Waals surface area contributed by atoms with Crippen molar-refractivity contribution in [2.75, 3.05) is 41.3 Å². The molecular weight excluding hydrogens is 442 g/mol. The molecule has 8 heteroatoms. The SMILES string of the molecule is CCC1(CC)CC2(CCC(c3n[nH]cc3[N+](C)(C)CCN(C)C(=O)OC(C)(C)C)CC2)N(C)C1=O. The fourth-order valence-corrected chi connectivity index (χ4v) is 6.17. The molecule has 0 unspecified atom stereocenters. The Balaban J connectivity index is 1.67. The first-order valence-corrected chi connectivity index (χ1v) is 13.3. The molecule has 1 N–H and O–H groups in total. The summed E-state index contributed by atoms with van der Waals surface area (Å²) in [5, 5.41) is 7.82. The predicted molar refractivity (Wildman–Crippen MR) is 140 cm³/mol. The standard InChI is InChI=1S/C27H48N5O3/c1-10-26(11-2)19-27(31(7)23(26)33)14-12-20(13-15-27)22-21(18-28-29-22)32(8,9)17-16-30(6)24(34)35-25(3,4)5/h18,20H,10-17,19H2,1-9H3,(H,28,29)/q+1. The van der Waals surface area contributed by atoms with Crippen molar-refractivity contribution in [3.8, 4) is 0 Å². The topological polar surface area (TPSA) is 78.5 Å². The van der Waals surface area contributed by atoms with Crippen molar-refractivity contribution in [2.45, 2.75) is 96.6 Å². The summed E-state index contributed by atoms with van der Waals surface area (Å²) in [7, 11) is 8.15. The number of nitrogens with one attached hydrogen (secondary N) is 1. The average Bonchev–Trinajstić information content (AvgIpc) is 3.37. The van der Waals surface area contributed by atoms with Crippen molar-refractivity contribution >= 4 is 17.7 Å². The number of likely N-dealkylation sites (N-methyl/N-ethyl adjacent to an activating group) is 2. The Hall–Kier alpha value is -2.09. The molecule has 1 aliphatic heterocycles. The Morgan fingerprint density at radius 3 is 2.37 bits per heavy atom. The van der Waals surface area contributed by atoms with E-state index in [1.807, 2.05) is 34.0 Å². The van der Waals surface area contributed by atoms with Crippen molar-refractivity contribution < 1.29 is 14.3 Å². The molecule has 2 fully saturated rings. The van der Waals surface area contributed by atoms with E-state index in [0.717, 1.165) is 57.2 Å². The molecule has 35 heavy (non-hydrogen) atoms. The van der Waals surface area contributed by atoms with Crippen LogP contribution in [0.4, 0.5) is 10.5 Å². The summed E-state index contributed by atoms with van der Waals surface area (Å²) < 4.78 is 6.13. The molecule has 2 heterocycles. The van der Waals surface area contributed by atoms with E-state index in [4.69, 9.17) is 9.84 Å². The maximum atomic E-state index is 13.2. The zero-order chi connectivity index (χ0) is 26.2. The van der Waals surface area contributed by atoms with Crippen LogP contribution in [-0.4, -0.2) is 84.4 Å². The fraction of sp³-hybridized carbons (Fsp3) is 0.815. The Bertz CT molecular complexity index is 904. The van der Waals surface area contributed by atoms with E-state index in [1.54, 1.807) is 11.9 Å². The van der Waals surface area contributed by atoms with Crippen LogP contribution < -0.4 is 4.48 Å². The molecule has 0 radical (unpaired) electrons. The van der Waals surface area contributed by atoms with Gasteiger partial charge in [0, 0.05) is 25.6 Å². The third-order valence-corrected chi connectivity index (χ3v) is 8.79. The minimum absolute atomic E-state index is 0.00340. The Labute approximate surface area is 212 Å². The van der Waals surface area contributed by atoms with Crippen LogP contribution >= 0.6 is 0 Å². The van der Waals surface area contributed by atoms with Crippen LogP contribution in [0.5, 0.6) is 0 Å². The second kappa shape index (κ2) is 9.75. The number of quaternary nitrogens is 1. The molecule has 0 atom stereocenters. The van der Waals surface area contributed by atoms with Crippen LogP contribution in [0.15, 0.2) is 6.20 Å².